The van der Waals surface area contributed by atoms with Gasteiger partial charge in [0.1, 0.15) is 16.5 Å². The first kappa shape index (κ1) is 15.6. The van der Waals surface area contributed by atoms with Gasteiger partial charge in [0.25, 0.3) is 5.56 Å². The van der Waals surface area contributed by atoms with Crippen LogP contribution in [-0.2, 0) is 12.8 Å². The Labute approximate surface area is 136 Å². The van der Waals surface area contributed by atoms with E-state index in [1.807, 2.05) is 31.2 Å². The van der Waals surface area contributed by atoms with E-state index in [0.29, 0.717) is 36.6 Å². The van der Waals surface area contributed by atoms with Crippen LogP contribution in [0.15, 0.2) is 29.1 Å². The lowest BCUT2D eigenvalue weighted by molar-refractivity contribution is 0.340. The standard InChI is InChI=1S/C15H17N5O2S/c1-2-22-11-5-3-10(4-6-11)9-12-14(21)20-15(18-17-12)23-13(19-20)7-8-16/h3-6H,2,7-9,16H2,1H3. The van der Waals surface area contributed by atoms with Gasteiger partial charge < -0.3 is 10.5 Å². The van der Waals surface area contributed by atoms with Gasteiger partial charge in [-0.05, 0) is 31.2 Å². The van der Waals surface area contributed by atoms with Crippen molar-refractivity contribution in [1.29, 1.82) is 0 Å². The lowest BCUT2D eigenvalue weighted by Crippen LogP contribution is -2.22. The maximum Gasteiger partial charge on any atom is 0.297 e. The summed E-state index contributed by atoms with van der Waals surface area (Å²) in [6.45, 7) is 3.05. The van der Waals surface area contributed by atoms with Gasteiger partial charge >= 0.3 is 0 Å². The zero-order valence-electron chi connectivity index (χ0n) is 12.7. The van der Waals surface area contributed by atoms with Crippen LogP contribution in [0.4, 0.5) is 0 Å². The number of nitrogens with zero attached hydrogens (tertiary/aromatic N) is 4. The number of fused-ring (bicyclic) bond motifs is 1. The van der Waals surface area contributed by atoms with Crippen molar-refractivity contribution >= 4 is 16.3 Å². The molecule has 8 heteroatoms. The van der Waals surface area contributed by atoms with Crippen LogP contribution < -0.4 is 16.0 Å². The Hall–Kier alpha value is -2.32. The Morgan fingerprint density at radius 2 is 2.04 bits per heavy atom. The van der Waals surface area contributed by atoms with Gasteiger partial charge in [-0.3, -0.25) is 4.79 Å². The van der Waals surface area contributed by atoms with Gasteiger partial charge in [-0.25, -0.2) is 0 Å². The first-order valence-electron chi connectivity index (χ1n) is 7.37. The molecule has 0 aliphatic heterocycles. The number of hydrogen-bond acceptors (Lipinski definition) is 7. The number of benzene rings is 1. The smallest absolute Gasteiger partial charge is 0.297 e. The monoisotopic (exact) mass is 331 g/mol. The number of rotatable bonds is 6. The first-order chi connectivity index (χ1) is 11.2. The third-order valence-corrected chi connectivity index (χ3v) is 4.22. The fraction of sp³-hybridized carbons (Fsp3) is 0.333. The number of ether oxygens (including phenoxy) is 1. The molecule has 0 aliphatic carbocycles. The molecule has 0 saturated carbocycles. The van der Waals surface area contributed by atoms with Crippen LogP contribution in [-0.4, -0.2) is 33.0 Å². The molecule has 0 fully saturated rings. The quantitative estimate of drug-likeness (QED) is 0.725. The zero-order chi connectivity index (χ0) is 16.2. The van der Waals surface area contributed by atoms with Crippen LogP contribution >= 0.6 is 11.3 Å². The van der Waals surface area contributed by atoms with Gasteiger partial charge in [-0.15, -0.1) is 10.2 Å². The van der Waals surface area contributed by atoms with Gasteiger partial charge in [-0.1, -0.05) is 23.5 Å². The van der Waals surface area contributed by atoms with Crippen molar-refractivity contribution in [3.63, 3.8) is 0 Å². The van der Waals surface area contributed by atoms with E-state index in [1.54, 1.807) is 0 Å². The molecule has 0 bridgehead atoms. The Bertz CT molecular complexity index is 856. The molecule has 0 aliphatic rings. The minimum absolute atomic E-state index is 0.233. The SMILES string of the molecule is CCOc1ccc(Cc2nnc3sc(CCN)nn3c2=O)cc1. The zero-order valence-corrected chi connectivity index (χ0v) is 13.5. The van der Waals surface area contributed by atoms with Crippen molar-refractivity contribution in [3.8, 4) is 5.75 Å². The molecule has 0 unspecified atom stereocenters. The van der Waals surface area contributed by atoms with Crippen molar-refractivity contribution < 1.29 is 4.74 Å². The third kappa shape index (κ3) is 3.38. The maximum atomic E-state index is 12.5. The van der Waals surface area contributed by atoms with E-state index in [2.05, 4.69) is 15.3 Å². The minimum Gasteiger partial charge on any atom is -0.494 e. The third-order valence-electron chi connectivity index (χ3n) is 3.26. The molecule has 2 aromatic heterocycles. The molecule has 0 atom stereocenters. The summed E-state index contributed by atoms with van der Waals surface area (Å²) in [5, 5.41) is 13.2. The molecule has 2 N–H and O–H groups in total. The fourth-order valence-corrected chi connectivity index (χ4v) is 3.03. The number of aromatic nitrogens is 4. The Morgan fingerprint density at radius 3 is 2.74 bits per heavy atom. The van der Waals surface area contributed by atoms with Crippen molar-refractivity contribution in [1.82, 2.24) is 19.8 Å². The molecule has 7 nitrogen and oxygen atoms in total. The fourth-order valence-electron chi connectivity index (χ4n) is 2.19. The number of hydrogen-bond donors (Lipinski definition) is 1. The summed E-state index contributed by atoms with van der Waals surface area (Å²) in [5.41, 5.74) is 6.63. The number of nitrogens with two attached hydrogens (primary N) is 1. The van der Waals surface area contributed by atoms with Crippen LogP contribution in [0.3, 0.4) is 0 Å². The minimum atomic E-state index is -0.233. The van der Waals surface area contributed by atoms with E-state index in [9.17, 15) is 4.79 Å². The predicted octanol–water partition coefficient (Wildman–Crippen LogP) is 1.04. The Morgan fingerprint density at radius 1 is 1.26 bits per heavy atom. The van der Waals surface area contributed by atoms with Crippen molar-refractivity contribution in [3.05, 3.63) is 50.9 Å². The molecule has 23 heavy (non-hydrogen) atoms. The summed E-state index contributed by atoms with van der Waals surface area (Å²) in [4.78, 5) is 13.0. The average Bonchev–Trinajstić information content (AvgIpc) is 2.96. The first-order valence-corrected chi connectivity index (χ1v) is 8.19. The Balaban J connectivity index is 1.87. The molecule has 0 spiro atoms. The van der Waals surface area contributed by atoms with Gasteiger partial charge in [0.05, 0.1) is 6.61 Å². The largest absolute Gasteiger partial charge is 0.494 e. The molecule has 3 aromatic rings. The summed E-state index contributed by atoms with van der Waals surface area (Å²) in [5.74, 6) is 0.806. The lowest BCUT2D eigenvalue weighted by Gasteiger charge is -2.04. The average molecular weight is 331 g/mol. The molecule has 2 heterocycles. The summed E-state index contributed by atoms with van der Waals surface area (Å²) < 4.78 is 6.72. The van der Waals surface area contributed by atoms with Gasteiger partial charge in [0.15, 0.2) is 0 Å². The summed E-state index contributed by atoms with van der Waals surface area (Å²) in [6, 6.07) is 7.60. The van der Waals surface area contributed by atoms with E-state index in [4.69, 9.17) is 10.5 Å². The predicted molar refractivity (Wildman–Crippen MR) is 88.1 cm³/mol. The van der Waals surface area contributed by atoms with Crippen molar-refractivity contribution in [2.75, 3.05) is 13.2 Å². The molecule has 3 rings (SSSR count). The highest BCUT2D eigenvalue weighted by Gasteiger charge is 2.12. The second-order valence-corrected chi connectivity index (χ2v) is 5.97. The van der Waals surface area contributed by atoms with E-state index in [-0.39, 0.29) is 5.56 Å². The van der Waals surface area contributed by atoms with Crippen LogP contribution in [0.25, 0.3) is 4.96 Å². The van der Waals surface area contributed by atoms with E-state index >= 15 is 0 Å². The molecule has 0 saturated heterocycles. The van der Waals surface area contributed by atoms with Crippen LogP contribution in [0, 0.1) is 0 Å². The van der Waals surface area contributed by atoms with Crippen molar-refractivity contribution in [2.45, 2.75) is 19.8 Å². The highest BCUT2D eigenvalue weighted by atomic mass is 32.1. The molecule has 0 radical (unpaired) electrons. The Kier molecular flexibility index (Phi) is 4.63. The van der Waals surface area contributed by atoms with Crippen molar-refractivity contribution in [2.24, 2.45) is 5.73 Å². The second kappa shape index (κ2) is 6.84. The molecule has 120 valence electrons. The van der Waals surface area contributed by atoms with Gasteiger partial charge in [0, 0.05) is 12.8 Å². The summed E-state index contributed by atoms with van der Waals surface area (Å²) >= 11 is 1.34. The van der Waals surface area contributed by atoms with Crippen LogP contribution in [0.5, 0.6) is 5.75 Å². The normalized spacial score (nSPS) is 11.0. The van der Waals surface area contributed by atoms with E-state index in [0.717, 1.165) is 16.3 Å². The second-order valence-electron chi connectivity index (χ2n) is 4.93. The highest BCUT2D eigenvalue weighted by Crippen LogP contribution is 2.14. The molecular weight excluding hydrogens is 314 g/mol. The highest BCUT2D eigenvalue weighted by molar-refractivity contribution is 7.16. The van der Waals surface area contributed by atoms with Gasteiger partial charge in [0.2, 0.25) is 4.96 Å². The topological polar surface area (TPSA) is 95.4 Å². The van der Waals surface area contributed by atoms with E-state index in [1.165, 1.54) is 15.9 Å². The van der Waals surface area contributed by atoms with Crippen LogP contribution in [0.2, 0.25) is 0 Å². The summed E-state index contributed by atoms with van der Waals surface area (Å²) in [7, 11) is 0. The maximum absolute atomic E-state index is 12.5. The molecular formula is C15H17N5O2S. The van der Waals surface area contributed by atoms with Crippen LogP contribution in [0.1, 0.15) is 23.2 Å². The van der Waals surface area contributed by atoms with Gasteiger partial charge in [-0.2, -0.15) is 9.61 Å². The van der Waals surface area contributed by atoms with E-state index < -0.39 is 0 Å². The lowest BCUT2D eigenvalue weighted by atomic mass is 10.1. The molecule has 0 amide bonds. The molecule has 1 aromatic carbocycles. The summed E-state index contributed by atoms with van der Waals surface area (Å²) in [6.07, 6.45) is 1.03.